The zero-order valence-corrected chi connectivity index (χ0v) is 24.4. The lowest BCUT2D eigenvalue weighted by atomic mass is 10.4. The smallest absolute Gasteiger partial charge is 0.413 e. The summed E-state index contributed by atoms with van der Waals surface area (Å²) >= 11 is 38.9. The highest BCUT2D eigenvalue weighted by atomic mass is 35.5. The van der Waals surface area contributed by atoms with Crippen molar-refractivity contribution in [3.63, 3.8) is 0 Å². The van der Waals surface area contributed by atoms with Gasteiger partial charge in [-0.2, -0.15) is 4.98 Å². The minimum Gasteiger partial charge on any atom is -0.450 e. The zero-order chi connectivity index (χ0) is 28.4. The van der Waals surface area contributed by atoms with Crippen LogP contribution in [0.1, 0.15) is 6.92 Å². The van der Waals surface area contributed by atoms with E-state index in [0.29, 0.717) is 42.7 Å². The van der Waals surface area contributed by atoms with Crippen molar-refractivity contribution in [1.29, 1.82) is 0 Å². The minimum atomic E-state index is -0.641. The molecule has 1 amide bonds. The van der Waals surface area contributed by atoms with Gasteiger partial charge in [-0.1, -0.05) is 69.6 Å². The van der Waals surface area contributed by atoms with E-state index in [0.717, 1.165) is 0 Å². The summed E-state index contributed by atoms with van der Waals surface area (Å²) in [4.78, 5) is 22.6. The first-order valence-electron chi connectivity index (χ1n) is 10.00. The van der Waals surface area contributed by atoms with Gasteiger partial charge in [0.2, 0.25) is 5.95 Å². The number of nitrogen functional groups attached to an aromatic ring is 2. The lowest BCUT2D eigenvalue weighted by Gasteiger charge is -2.08. The number of hydrogen-bond donors (Lipinski definition) is 4. The van der Waals surface area contributed by atoms with E-state index in [2.05, 4.69) is 35.4 Å². The number of nitrogens with zero attached hydrogens (tertiary/aromatic N) is 5. The van der Waals surface area contributed by atoms with Crippen molar-refractivity contribution in [1.82, 2.24) is 29.9 Å². The molecule has 18 heteroatoms. The van der Waals surface area contributed by atoms with Crippen LogP contribution in [0.5, 0.6) is 0 Å². The van der Waals surface area contributed by atoms with E-state index in [1.807, 2.05) is 0 Å². The molecule has 0 spiro atoms. The highest BCUT2D eigenvalue weighted by molar-refractivity contribution is 7.80. The number of carbonyl (C=O) groups excluding carboxylic acids is 1. The van der Waals surface area contributed by atoms with Crippen LogP contribution < -0.4 is 22.1 Å². The van der Waals surface area contributed by atoms with Crippen molar-refractivity contribution in [3.05, 3.63) is 66.9 Å². The second kappa shape index (κ2) is 15.1. The van der Waals surface area contributed by atoms with Gasteiger partial charge >= 0.3 is 6.09 Å². The van der Waals surface area contributed by atoms with Crippen molar-refractivity contribution < 1.29 is 9.53 Å². The number of nitrogens with one attached hydrogen (secondary N) is 2. The number of anilines is 3. The molecule has 0 aliphatic rings. The Kier molecular flexibility index (Phi) is 12.6. The van der Waals surface area contributed by atoms with Gasteiger partial charge in [-0.15, -0.1) is 5.10 Å². The number of alkyl carbamates (subject to hydrolysis) is 1. The molecule has 0 saturated carbocycles. The number of fused-ring (bicyclic) bond motifs is 1. The van der Waals surface area contributed by atoms with Crippen molar-refractivity contribution in [2.45, 2.75) is 6.92 Å². The van der Waals surface area contributed by atoms with Gasteiger partial charge in [0.1, 0.15) is 27.1 Å². The van der Waals surface area contributed by atoms with Crippen LogP contribution >= 0.6 is 81.8 Å². The average Bonchev–Trinajstić information content (AvgIpc) is 3.13. The number of thiocarbonyl (C=S) groups is 1. The summed E-state index contributed by atoms with van der Waals surface area (Å²) in [5.74, 6) is 0.857. The van der Waals surface area contributed by atoms with Gasteiger partial charge in [-0.05, 0) is 49.5 Å². The Morgan fingerprint density at radius 3 is 2.11 bits per heavy atom. The molecule has 0 saturated heterocycles. The number of amides is 1. The van der Waals surface area contributed by atoms with Gasteiger partial charge in [0, 0.05) is 21.1 Å². The van der Waals surface area contributed by atoms with Gasteiger partial charge < -0.3 is 21.5 Å². The molecule has 0 atom stereocenters. The SMILES string of the molecule is CCOC(=O)NC(=S)Nc1cc(Cl)cc(Cl)n1.Nc1cc(Cl)cc(Cl)n1.Nc1nc2cc(Cl)cc(Cl)n2n1. The maximum Gasteiger partial charge on any atom is 0.413 e. The van der Waals surface area contributed by atoms with Crippen LogP contribution in [0.2, 0.25) is 30.5 Å². The highest BCUT2D eigenvalue weighted by Crippen LogP contribution is 2.19. The molecule has 0 unspecified atom stereocenters. The summed E-state index contributed by atoms with van der Waals surface area (Å²) in [5, 5.41) is 11.2. The molecule has 4 aromatic rings. The second-order valence-electron chi connectivity index (χ2n) is 6.56. The van der Waals surface area contributed by atoms with Crippen LogP contribution in [0.15, 0.2) is 36.4 Å². The van der Waals surface area contributed by atoms with Gasteiger partial charge in [-0.25, -0.2) is 19.3 Å². The highest BCUT2D eigenvalue weighted by Gasteiger charge is 2.07. The predicted octanol–water partition coefficient (Wildman–Crippen LogP) is 6.42. The van der Waals surface area contributed by atoms with Crippen LogP contribution in [0.4, 0.5) is 22.4 Å². The Labute approximate surface area is 251 Å². The van der Waals surface area contributed by atoms with E-state index in [9.17, 15) is 4.79 Å². The Balaban J connectivity index is 0.000000211. The van der Waals surface area contributed by atoms with E-state index in [4.69, 9.17) is 93.3 Å². The Morgan fingerprint density at radius 2 is 1.53 bits per heavy atom. The van der Waals surface area contributed by atoms with Crippen LogP contribution in [-0.2, 0) is 4.74 Å². The molecule has 0 radical (unpaired) electrons. The second-order valence-corrected chi connectivity index (χ2v) is 9.44. The molecule has 0 aliphatic carbocycles. The zero-order valence-electron chi connectivity index (χ0n) is 19.1. The number of halogens is 6. The first-order chi connectivity index (χ1) is 17.9. The van der Waals surface area contributed by atoms with Gasteiger partial charge in [0.05, 0.1) is 6.61 Å². The first-order valence-corrected chi connectivity index (χ1v) is 12.7. The minimum absolute atomic E-state index is 0.0503. The van der Waals surface area contributed by atoms with Crippen LogP contribution in [0.25, 0.3) is 5.65 Å². The summed E-state index contributed by atoms with van der Waals surface area (Å²) in [6.45, 7) is 1.95. The van der Waals surface area contributed by atoms with Gasteiger partial charge in [0.15, 0.2) is 10.8 Å². The lowest BCUT2D eigenvalue weighted by molar-refractivity contribution is 0.158. The largest absolute Gasteiger partial charge is 0.450 e. The van der Waals surface area contributed by atoms with Crippen LogP contribution in [0.3, 0.4) is 0 Å². The summed E-state index contributed by atoms with van der Waals surface area (Å²) in [5.41, 5.74) is 11.2. The summed E-state index contributed by atoms with van der Waals surface area (Å²) in [7, 11) is 0. The molecule has 4 rings (SSSR count). The standard InChI is InChI=1S/C9H9Cl2N3O2S.C6H4Cl2N4.C5H4Cl2N2/c1-2-16-9(15)14-8(17)13-7-4-5(10)3-6(11)12-7;7-3-1-4(8)12-5(2-3)10-6(9)11-12;6-3-1-4(7)9-5(8)2-3/h3-4H,2H2,1H3,(H2,12,13,14,15,17);1-2H,(H2,9,11);1-2H,(H2,8,9). The third-order valence-electron chi connectivity index (χ3n) is 3.65. The fourth-order valence-electron chi connectivity index (χ4n) is 2.35. The summed E-state index contributed by atoms with van der Waals surface area (Å²) in [6.07, 6.45) is -0.641. The van der Waals surface area contributed by atoms with Crippen molar-refractivity contribution in [2.75, 3.05) is 23.4 Å². The van der Waals surface area contributed by atoms with Crippen molar-refractivity contribution in [2.24, 2.45) is 0 Å². The monoisotopic (exact) mass is 657 g/mol. The van der Waals surface area contributed by atoms with E-state index in [1.165, 1.54) is 28.8 Å². The number of carbonyl (C=O) groups is 1. The van der Waals surface area contributed by atoms with Crippen molar-refractivity contribution >= 4 is 116 Å². The van der Waals surface area contributed by atoms with Crippen molar-refractivity contribution in [3.8, 4) is 0 Å². The van der Waals surface area contributed by atoms with E-state index >= 15 is 0 Å². The summed E-state index contributed by atoms with van der Waals surface area (Å²) in [6, 6.07) is 9.27. The molecule has 0 bridgehead atoms. The molecule has 11 nitrogen and oxygen atoms in total. The van der Waals surface area contributed by atoms with Crippen LogP contribution in [-0.4, -0.2) is 42.4 Å². The van der Waals surface area contributed by atoms with Gasteiger partial charge in [0.25, 0.3) is 0 Å². The topological polar surface area (TPSA) is 158 Å². The fourth-order valence-corrected chi connectivity index (χ4v) is 4.00. The van der Waals surface area contributed by atoms with E-state index < -0.39 is 6.09 Å². The number of aromatic nitrogens is 5. The van der Waals surface area contributed by atoms with E-state index in [1.54, 1.807) is 19.1 Å². The normalized spacial score (nSPS) is 9.97. The number of hydrogen-bond acceptors (Lipinski definition) is 9. The average molecular weight is 660 g/mol. The molecule has 6 N–H and O–H groups in total. The molecule has 0 aromatic carbocycles. The van der Waals surface area contributed by atoms with Crippen LogP contribution in [0, 0.1) is 0 Å². The molecule has 38 heavy (non-hydrogen) atoms. The molecule has 0 fully saturated rings. The quantitative estimate of drug-likeness (QED) is 0.140. The first kappa shape index (κ1) is 31.6. The Morgan fingerprint density at radius 1 is 0.921 bits per heavy atom. The number of ether oxygens (including phenoxy) is 1. The van der Waals surface area contributed by atoms with Gasteiger partial charge in [-0.3, -0.25) is 5.32 Å². The predicted molar refractivity (Wildman–Crippen MR) is 157 cm³/mol. The Bertz CT molecular complexity index is 1370. The maximum atomic E-state index is 11.0. The van der Waals surface area contributed by atoms with E-state index in [-0.39, 0.29) is 22.8 Å². The molecular formula is C20H17Cl6N9O2S. The fraction of sp³-hybridized carbons (Fsp3) is 0.100. The third-order valence-corrected chi connectivity index (χ3v) is 5.16. The molecule has 0 aliphatic heterocycles. The Hall–Kier alpha value is -2.58. The molecule has 4 aromatic heterocycles. The maximum absolute atomic E-state index is 11.0. The number of nitrogens with two attached hydrogens (primary N) is 2. The number of pyridine rings is 3. The third kappa shape index (κ3) is 11.0. The lowest BCUT2D eigenvalue weighted by Crippen LogP contribution is -2.34. The molecular weight excluding hydrogens is 643 g/mol. The number of rotatable bonds is 2. The molecule has 202 valence electrons. The molecule has 4 heterocycles. The summed E-state index contributed by atoms with van der Waals surface area (Å²) < 4.78 is 6.07.